The van der Waals surface area contributed by atoms with Crippen LogP contribution in [0.5, 0.6) is 5.75 Å². The smallest absolute Gasteiger partial charge is 0.340 e. The minimum Gasteiger partial charge on any atom is -0.485 e. The second kappa shape index (κ2) is 6.04. The summed E-state index contributed by atoms with van der Waals surface area (Å²) in [6.07, 6.45) is 1.14. The van der Waals surface area contributed by atoms with Gasteiger partial charge in [-0.05, 0) is 49.2 Å². The molecule has 0 aliphatic carbocycles. The molecule has 0 saturated carbocycles. The molecule has 4 rings (SSSR count). The van der Waals surface area contributed by atoms with Crippen LogP contribution in [-0.2, 0) is 19.4 Å². The van der Waals surface area contributed by atoms with Crippen molar-refractivity contribution in [3.05, 3.63) is 59.2 Å². The van der Waals surface area contributed by atoms with Crippen LogP contribution in [0.4, 0.5) is 0 Å². The van der Waals surface area contributed by atoms with Crippen LogP contribution in [0.3, 0.4) is 0 Å². The van der Waals surface area contributed by atoms with E-state index in [1.165, 1.54) is 12.1 Å². The van der Waals surface area contributed by atoms with Gasteiger partial charge in [0.1, 0.15) is 11.4 Å². The Balaban J connectivity index is 1.91. The Morgan fingerprint density at radius 2 is 1.61 bits per heavy atom. The Hall–Kier alpha value is -2.93. The number of carbonyl (C=O) groups is 2. The van der Waals surface area contributed by atoms with Crippen molar-refractivity contribution in [2.45, 2.75) is 24.3 Å². The SMILES string of the molecule is CC1(C)OC(=O)C(c2ccc3c(c2)C(=O)CO3)=C1c1ccc(S(C)(=O)=O)cc1. The van der Waals surface area contributed by atoms with Gasteiger partial charge in [-0.3, -0.25) is 4.79 Å². The third-order valence-electron chi connectivity index (χ3n) is 4.90. The number of hydrogen-bond donors (Lipinski definition) is 0. The molecule has 2 heterocycles. The van der Waals surface area contributed by atoms with Crippen molar-refractivity contribution in [3.63, 3.8) is 0 Å². The van der Waals surface area contributed by atoms with Gasteiger partial charge >= 0.3 is 5.97 Å². The maximum atomic E-state index is 12.7. The number of esters is 1. The van der Waals surface area contributed by atoms with E-state index in [1.54, 1.807) is 44.2 Å². The Kier molecular flexibility index (Phi) is 3.97. The first-order chi connectivity index (χ1) is 13.1. The van der Waals surface area contributed by atoms with Gasteiger partial charge in [-0.2, -0.15) is 0 Å². The third-order valence-corrected chi connectivity index (χ3v) is 6.03. The van der Waals surface area contributed by atoms with E-state index >= 15 is 0 Å². The number of ketones is 1. The standard InChI is InChI=1S/C21H18O6S/c1-21(2)19(12-4-7-14(8-5-12)28(3,24)25)18(20(23)27-21)13-6-9-17-15(10-13)16(22)11-26-17/h4-10H,11H2,1-3H3. The van der Waals surface area contributed by atoms with Gasteiger partial charge in [0.15, 0.2) is 16.4 Å². The number of fused-ring (bicyclic) bond motifs is 1. The lowest BCUT2D eigenvalue weighted by Gasteiger charge is -2.21. The highest BCUT2D eigenvalue weighted by atomic mass is 32.2. The predicted octanol–water partition coefficient (Wildman–Crippen LogP) is 2.91. The average molecular weight is 398 g/mol. The molecule has 0 amide bonds. The summed E-state index contributed by atoms with van der Waals surface area (Å²) in [6, 6.07) is 11.4. The fraction of sp³-hybridized carbons (Fsp3) is 0.238. The lowest BCUT2D eigenvalue weighted by molar-refractivity contribution is -0.141. The lowest BCUT2D eigenvalue weighted by Crippen LogP contribution is -2.22. The van der Waals surface area contributed by atoms with Crippen molar-refractivity contribution >= 4 is 32.7 Å². The summed E-state index contributed by atoms with van der Waals surface area (Å²) in [7, 11) is -3.33. The first kappa shape index (κ1) is 18.4. The van der Waals surface area contributed by atoms with E-state index in [0.29, 0.717) is 33.6 Å². The molecular formula is C21H18O6S. The van der Waals surface area contributed by atoms with Crippen LogP contribution in [-0.4, -0.2) is 38.6 Å². The average Bonchev–Trinajstić information content (AvgIpc) is 3.10. The fourth-order valence-corrected chi connectivity index (χ4v) is 4.24. The summed E-state index contributed by atoms with van der Waals surface area (Å²) in [4.78, 5) is 24.9. The zero-order valence-electron chi connectivity index (χ0n) is 15.6. The predicted molar refractivity (Wildman–Crippen MR) is 103 cm³/mol. The van der Waals surface area contributed by atoms with Crippen molar-refractivity contribution in [2.24, 2.45) is 0 Å². The van der Waals surface area contributed by atoms with Crippen LogP contribution in [0.1, 0.15) is 35.3 Å². The minimum atomic E-state index is -3.33. The summed E-state index contributed by atoms with van der Waals surface area (Å²) >= 11 is 0. The largest absolute Gasteiger partial charge is 0.485 e. The molecule has 0 N–H and O–H groups in total. The molecule has 0 saturated heterocycles. The molecule has 2 aromatic rings. The molecule has 0 fully saturated rings. The van der Waals surface area contributed by atoms with E-state index in [2.05, 4.69) is 0 Å². The van der Waals surface area contributed by atoms with Crippen molar-refractivity contribution in [1.82, 2.24) is 0 Å². The fourth-order valence-electron chi connectivity index (χ4n) is 3.61. The van der Waals surface area contributed by atoms with Gasteiger partial charge in [-0.15, -0.1) is 0 Å². The van der Waals surface area contributed by atoms with Crippen molar-refractivity contribution in [3.8, 4) is 5.75 Å². The molecular weight excluding hydrogens is 380 g/mol. The minimum absolute atomic E-state index is 0.00636. The highest BCUT2D eigenvalue weighted by molar-refractivity contribution is 7.90. The van der Waals surface area contributed by atoms with Gasteiger partial charge in [0.05, 0.1) is 16.0 Å². The number of ether oxygens (including phenoxy) is 2. The number of carbonyl (C=O) groups excluding carboxylic acids is 2. The van der Waals surface area contributed by atoms with Gasteiger partial charge in [0.25, 0.3) is 0 Å². The van der Waals surface area contributed by atoms with Crippen LogP contribution in [0, 0.1) is 0 Å². The number of benzene rings is 2. The highest BCUT2D eigenvalue weighted by Gasteiger charge is 2.42. The number of cyclic esters (lactones) is 1. The second-order valence-electron chi connectivity index (χ2n) is 7.37. The van der Waals surface area contributed by atoms with E-state index in [-0.39, 0.29) is 17.3 Å². The highest BCUT2D eigenvalue weighted by Crippen LogP contribution is 2.44. The van der Waals surface area contributed by atoms with Crippen molar-refractivity contribution < 1.29 is 27.5 Å². The molecule has 7 heteroatoms. The summed E-state index contributed by atoms with van der Waals surface area (Å²) in [5.74, 6) is -0.125. The monoisotopic (exact) mass is 398 g/mol. The van der Waals surface area contributed by atoms with Crippen LogP contribution in [0.2, 0.25) is 0 Å². The first-order valence-corrected chi connectivity index (χ1v) is 10.6. The molecule has 28 heavy (non-hydrogen) atoms. The van der Waals surface area contributed by atoms with E-state index in [0.717, 1.165) is 6.26 Å². The third kappa shape index (κ3) is 2.92. The van der Waals surface area contributed by atoms with Gasteiger partial charge in [-0.1, -0.05) is 18.2 Å². The van der Waals surface area contributed by atoms with E-state index in [1.807, 2.05) is 0 Å². The normalized spacial score (nSPS) is 18.1. The molecule has 0 aromatic heterocycles. The number of sulfone groups is 1. The van der Waals surface area contributed by atoms with Gasteiger partial charge < -0.3 is 9.47 Å². The van der Waals surface area contributed by atoms with Gasteiger partial charge in [-0.25, -0.2) is 13.2 Å². The zero-order chi connectivity index (χ0) is 20.3. The Morgan fingerprint density at radius 3 is 2.25 bits per heavy atom. The number of rotatable bonds is 3. The van der Waals surface area contributed by atoms with Gasteiger partial charge in [0, 0.05) is 11.8 Å². The number of Topliss-reactive ketones (excluding diaryl/α,β-unsaturated/α-hetero) is 1. The molecule has 6 nitrogen and oxygen atoms in total. The summed E-state index contributed by atoms with van der Waals surface area (Å²) in [6.45, 7) is 3.55. The van der Waals surface area contributed by atoms with Crippen LogP contribution in [0.15, 0.2) is 47.4 Å². The van der Waals surface area contributed by atoms with Crippen LogP contribution < -0.4 is 4.74 Å². The Morgan fingerprint density at radius 1 is 0.964 bits per heavy atom. The molecule has 0 unspecified atom stereocenters. The summed E-state index contributed by atoms with van der Waals surface area (Å²) in [5.41, 5.74) is 1.79. The van der Waals surface area contributed by atoms with E-state index in [4.69, 9.17) is 9.47 Å². The van der Waals surface area contributed by atoms with Crippen molar-refractivity contribution in [2.75, 3.05) is 12.9 Å². The van der Waals surface area contributed by atoms with Gasteiger partial charge in [0.2, 0.25) is 5.78 Å². The van der Waals surface area contributed by atoms with Crippen LogP contribution >= 0.6 is 0 Å². The molecule has 2 aliphatic rings. The first-order valence-electron chi connectivity index (χ1n) is 8.67. The maximum Gasteiger partial charge on any atom is 0.340 e. The molecule has 2 aromatic carbocycles. The maximum absolute atomic E-state index is 12.7. The topological polar surface area (TPSA) is 86.7 Å². The quantitative estimate of drug-likeness (QED) is 0.739. The van der Waals surface area contributed by atoms with Crippen LogP contribution in [0.25, 0.3) is 11.1 Å². The molecule has 144 valence electrons. The van der Waals surface area contributed by atoms with E-state index in [9.17, 15) is 18.0 Å². The van der Waals surface area contributed by atoms with Crippen molar-refractivity contribution in [1.29, 1.82) is 0 Å². The molecule has 0 spiro atoms. The second-order valence-corrected chi connectivity index (χ2v) is 9.38. The molecule has 2 aliphatic heterocycles. The molecule has 0 radical (unpaired) electrons. The summed E-state index contributed by atoms with van der Waals surface area (Å²) in [5, 5.41) is 0. The summed E-state index contributed by atoms with van der Waals surface area (Å²) < 4.78 is 34.4. The Labute approximate surface area is 162 Å². The molecule has 0 atom stereocenters. The zero-order valence-corrected chi connectivity index (χ0v) is 16.4. The Bertz CT molecular complexity index is 1150. The molecule has 0 bridgehead atoms. The lowest BCUT2D eigenvalue weighted by atomic mass is 9.86. The number of hydrogen-bond acceptors (Lipinski definition) is 6. The van der Waals surface area contributed by atoms with E-state index < -0.39 is 21.4 Å².